The summed E-state index contributed by atoms with van der Waals surface area (Å²) in [5.74, 6) is 0. The zero-order chi connectivity index (χ0) is 12.9. The van der Waals surface area contributed by atoms with Gasteiger partial charge in [0, 0.05) is 0 Å². The minimum Gasteiger partial charge on any atom is -0.419 e. The Hall–Kier alpha value is -0.423. The van der Waals surface area contributed by atoms with Gasteiger partial charge < -0.3 is 17.6 Å². The van der Waals surface area contributed by atoms with E-state index in [4.69, 9.17) is 5.73 Å². The van der Waals surface area contributed by atoms with Crippen molar-refractivity contribution in [3.63, 3.8) is 0 Å². The van der Waals surface area contributed by atoms with Gasteiger partial charge in [-0.3, -0.25) is 0 Å². The van der Waals surface area contributed by atoms with E-state index in [-0.39, 0.29) is 18.9 Å². The van der Waals surface area contributed by atoms with Crippen LogP contribution in [0.4, 0.5) is 5.69 Å². The van der Waals surface area contributed by atoms with Crippen LogP contribution in [0.1, 0.15) is 32.3 Å². The smallest absolute Gasteiger partial charge is 0.419 e. The van der Waals surface area contributed by atoms with Gasteiger partial charge in [0.25, 0.3) is 0 Å². The number of hydrogen-bond donors (Lipinski definition) is 1. The van der Waals surface area contributed by atoms with E-state index in [1.165, 1.54) is 24.9 Å². The van der Waals surface area contributed by atoms with E-state index >= 15 is 0 Å². The average molecular weight is 239 g/mol. The number of benzene rings is 1. The quantitative estimate of drug-likeness (QED) is 0.445. The number of rotatable bonds is 2. The molecule has 1 unspecified atom stereocenters. The van der Waals surface area contributed by atoms with E-state index in [1.54, 1.807) is 0 Å². The first-order valence-corrected chi connectivity index (χ1v) is 6.34. The van der Waals surface area contributed by atoms with Crippen molar-refractivity contribution < 1.29 is 18.9 Å². The van der Waals surface area contributed by atoms with E-state index in [0.29, 0.717) is 5.54 Å². The molecule has 0 amide bonds. The van der Waals surface area contributed by atoms with Gasteiger partial charge in [0.15, 0.2) is 0 Å². The number of likely N-dealkylation sites (tertiary alicyclic amines) is 1. The largest absolute Gasteiger partial charge is 1.00 e. The van der Waals surface area contributed by atoms with Crippen LogP contribution < -0.4 is 24.6 Å². The van der Waals surface area contributed by atoms with Crippen molar-refractivity contribution in [1.29, 1.82) is 0 Å². The van der Waals surface area contributed by atoms with Gasteiger partial charge in [0.05, 0.1) is 0 Å². The Morgan fingerprint density at radius 1 is 1.50 bits per heavy atom. The minimum absolute atomic E-state index is 0. The molecule has 2 rings (SSSR count). The molecule has 1 saturated heterocycles. The molecule has 1 heterocycles. The Kier molecular flexibility index (Phi) is 7.71. The van der Waals surface area contributed by atoms with Crippen molar-refractivity contribution in [2.75, 3.05) is 19.3 Å². The van der Waals surface area contributed by atoms with Crippen LogP contribution in [-0.2, 0) is 6.42 Å². The molecule has 0 spiro atoms. The molecule has 0 radical (unpaired) electrons. The fourth-order valence-electron chi connectivity index (χ4n) is 1.88. The van der Waals surface area contributed by atoms with Crippen LogP contribution in [0.5, 0.6) is 0 Å². The molecular formula is C15H24LiN2-. The van der Waals surface area contributed by atoms with Crippen molar-refractivity contribution in [3.8, 4) is 0 Å². The third-order valence-electron chi connectivity index (χ3n) is 3.75. The predicted octanol–water partition coefficient (Wildman–Crippen LogP) is -0.0598. The molecule has 0 aliphatic carbocycles. The van der Waals surface area contributed by atoms with Crippen molar-refractivity contribution in [3.05, 3.63) is 36.8 Å². The number of nitrogen functional groups attached to an aromatic ring is 1. The molecule has 3 heteroatoms. The summed E-state index contributed by atoms with van der Waals surface area (Å²) in [5.41, 5.74) is 7.97. The van der Waals surface area contributed by atoms with Crippen LogP contribution in [-0.4, -0.2) is 24.0 Å². The van der Waals surface area contributed by atoms with E-state index in [1.807, 2.05) is 18.2 Å². The zero-order valence-electron chi connectivity index (χ0n) is 12.3. The van der Waals surface area contributed by atoms with Crippen molar-refractivity contribution >= 4 is 5.69 Å². The monoisotopic (exact) mass is 239 g/mol. The Labute approximate surface area is 124 Å². The van der Waals surface area contributed by atoms with E-state index in [0.717, 1.165) is 12.1 Å². The third-order valence-corrected chi connectivity index (χ3v) is 3.75. The number of hydrogen-bond acceptors (Lipinski definition) is 2. The minimum atomic E-state index is 0. The first-order chi connectivity index (χ1) is 8.03. The first-order valence-electron chi connectivity index (χ1n) is 6.34. The summed E-state index contributed by atoms with van der Waals surface area (Å²) in [7, 11) is 2.14. The number of aryl methyl sites for hydroxylation is 1. The zero-order valence-corrected chi connectivity index (χ0v) is 12.3. The summed E-state index contributed by atoms with van der Waals surface area (Å²) < 4.78 is 0. The number of nitrogens with zero attached hydrogens (tertiary/aromatic N) is 1. The molecule has 1 aromatic carbocycles. The van der Waals surface area contributed by atoms with Crippen LogP contribution in [0.25, 0.3) is 0 Å². The summed E-state index contributed by atoms with van der Waals surface area (Å²) in [5, 5.41) is 0. The van der Waals surface area contributed by atoms with Crippen LogP contribution in [0.2, 0.25) is 0 Å². The average Bonchev–Trinajstić information content (AvgIpc) is 2.37. The van der Waals surface area contributed by atoms with Gasteiger partial charge in [-0.2, -0.15) is 18.2 Å². The van der Waals surface area contributed by atoms with Gasteiger partial charge in [-0.15, -0.1) is 17.2 Å². The third kappa shape index (κ3) is 4.35. The molecule has 96 valence electrons. The van der Waals surface area contributed by atoms with Crippen molar-refractivity contribution in [2.24, 2.45) is 0 Å². The normalized spacial score (nSPS) is 22.2. The number of anilines is 1. The summed E-state index contributed by atoms with van der Waals surface area (Å²) in [6.45, 7) is 9.61. The van der Waals surface area contributed by atoms with Gasteiger partial charge in [-0.05, 0) is 13.6 Å². The van der Waals surface area contributed by atoms with Crippen LogP contribution >= 0.6 is 0 Å². The van der Waals surface area contributed by atoms with E-state index in [9.17, 15) is 0 Å². The predicted molar refractivity (Wildman–Crippen MR) is 74.7 cm³/mol. The van der Waals surface area contributed by atoms with E-state index in [2.05, 4.69) is 38.8 Å². The second-order valence-corrected chi connectivity index (χ2v) is 4.73. The summed E-state index contributed by atoms with van der Waals surface area (Å²) in [6.07, 6.45) is 3.45. The molecule has 2 nitrogen and oxygen atoms in total. The SMILES string of the molecule is CCc1c[c-]ccc1N.[CH2-]C1(CC)CCN1C.[Li+]. The van der Waals surface area contributed by atoms with Gasteiger partial charge in [-0.1, -0.05) is 38.8 Å². The molecule has 1 aromatic rings. The second-order valence-electron chi connectivity index (χ2n) is 4.73. The second kappa shape index (κ2) is 7.89. The fourth-order valence-corrected chi connectivity index (χ4v) is 1.88. The van der Waals surface area contributed by atoms with Crippen molar-refractivity contribution in [2.45, 2.75) is 38.6 Å². The van der Waals surface area contributed by atoms with Gasteiger partial charge in [0.2, 0.25) is 0 Å². The fraction of sp³-hybridized carbons (Fsp3) is 0.533. The molecule has 1 aliphatic rings. The topological polar surface area (TPSA) is 29.3 Å². The molecule has 1 fully saturated rings. The molecular weight excluding hydrogens is 215 g/mol. The Morgan fingerprint density at radius 3 is 2.39 bits per heavy atom. The van der Waals surface area contributed by atoms with Crippen LogP contribution in [0, 0.1) is 13.0 Å². The molecule has 0 aromatic heterocycles. The maximum absolute atomic E-state index is 5.61. The summed E-state index contributed by atoms with van der Waals surface area (Å²) in [4.78, 5) is 2.31. The summed E-state index contributed by atoms with van der Waals surface area (Å²) in [6, 6.07) is 8.60. The van der Waals surface area contributed by atoms with Crippen molar-refractivity contribution in [1.82, 2.24) is 4.90 Å². The Bertz CT molecular complexity index is 350. The Balaban J connectivity index is 0.000000306. The summed E-state index contributed by atoms with van der Waals surface area (Å²) >= 11 is 0. The molecule has 18 heavy (non-hydrogen) atoms. The van der Waals surface area contributed by atoms with Gasteiger partial charge in [-0.25, -0.2) is 0 Å². The van der Waals surface area contributed by atoms with E-state index < -0.39 is 0 Å². The standard InChI is InChI=1S/C8H10N.C7H14N.Li/c1-2-7-5-3-4-6-8(7)9;1-4-7(2)5-6-8(7)3;/h4-6H,2,9H2,1H3;2,4-6H2,1,3H3;/q2*-1;+1. The molecule has 0 saturated carbocycles. The van der Waals surface area contributed by atoms with Gasteiger partial charge in [0.1, 0.15) is 0 Å². The molecule has 0 bridgehead atoms. The molecule has 1 aliphatic heterocycles. The Morgan fingerprint density at radius 2 is 2.17 bits per heavy atom. The van der Waals surface area contributed by atoms with Crippen LogP contribution in [0.3, 0.4) is 0 Å². The number of nitrogens with two attached hydrogens (primary N) is 1. The maximum atomic E-state index is 5.61. The van der Waals surface area contributed by atoms with Gasteiger partial charge >= 0.3 is 18.9 Å². The first kappa shape index (κ1) is 17.6. The molecule has 2 N–H and O–H groups in total. The molecule has 1 atom stereocenters. The van der Waals surface area contributed by atoms with Crippen LogP contribution in [0.15, 0.2) is 18.2 Å². The maximum Gasteiger partial charge on any atom is 1.00 e.